The van der Waals surface area contributed by atoms with Gasteiger partial charge in [-0.15, -0.1) is 0 Å². The summed E-state index contributed by atoms with van der Waals surface area (Å²) in [5.74, 6) is 0.103. The molecule has 1 amide bonds. The molecule has 196 valence electrons. The van der Waals surface area contributed by atoms with E-state index in [2.05, 4.69) is 33.1 Å². The van der Waals surface area contributed by atoms with E-state index >= 15 is 0 Å². The zero-order chi connectivity index (χ0) is 27.2. The molecule has 0 aromatic heterocycles. The summed E-state index contributed by atoms with van der Waals surface area (Å²) in [7, 11) is -0.0727. The van der Waals surface area contributed by atoms with Crippen molar-refractivity contribution in [1.82, 2.24) is 5.43 Å². The number of nitrogens with one attached hydrogen (secondary N) is 1. The highest BCUT2D eigenvalue weighted by Crippen LogP contribution is 2.36. The van der Waals surface area contributed by atoms with E-state index in [-0.39, 0.29) is 27.1 Å². The molecule has 0 radical (unpaired) electrons. The molecular formula is C25H25ClIN3O6S. The summed E-state index contributed by atoms with van der Waals surface area (Å²) in [6.07, 6.45) is 0. The Labute approximate surface area is 234 Å². The largest absolute Gasteiger partial charge is 0.495 e. The molecular weight excluding hydrogens is 633 g/mol. The summed E-state index contributed by atoms with van der Waals surface area (Å²) < 4.78 is 45.4. The van der Waals surface area contributed by atoms with E-state index in [4.69, 9.17) is 25.8 Å². The molecule has 0 aliphatic carbocycles. The predicted octanol–water partition coefficient (Wildman–Crippen LogP) is 4.71. The van der Waals surface area contributed by atoms with Gasteiger partial charge in [-0.3, -0.25) is 9.10 Å². The van der Waals surface area contributed by atoms with E-state index < -0.39 is 22.5 Å². The van der Waals surface area contributed by atoms with Gasteiger partial charge < -0.3 is 14.2 Å². The number of hydrogen-bond acceptors (Lipinski definition) is 7. The van der Waals surface area contributed by atoms with Crippen LogP contribution in [0.25, 0.3) is 0 Å². The monoisotopic (exact) mass is 657 g/mol. The second kappa shape index (κ2) is 12.5. The van der Waals surface area contributed by atoms with Crippen molar-refractivity contribution >= 4 is 61.5 Å². The van der Waals surface area contributed by atoms with Crippen LogP contribution in [0.15, 0.2) is 70.7 Å². The van der Waals surface area contributed by atoms with Gasteiger partial charge in [-0.1, -0.05) is 23.7 Å². The lowest BCUT2D eigenvalue weighted by molar-refractivity contribution is -0.119. The van der Waals surface area contributed by atoms with Gasteiger partial charge >= 0.3 is 0 Å². The lowest BCUT2D eigenvalue weighted by Crippen LogP contribution is -2.40. The molecule has 1 N–H and O–H groups in total. The molecule has 9 nitrogen and oxygen atoms in total. The number of amides is 1. The van der Waals surface area contributed by atoms with Gasteiger partial charge in [-0.05, 0) is 77.5 Å². The minimum absolute atomic E-state index is 0.0817. The van der Waals surface area contributed by atoms with Gasteiger partial charge in [0.1, 0.15) is 12.3 Å². The fraction of sp³-hybridized carbons (Fsp3) is 0.200. The second-order valence-corrected chi connectivity index (χ2v) is 11.1. The van der Waals surface area contributed by atoms with Gasteiger partial charge in [0.25, 0.3) is 15.9 Å². The van der Waals surface area contributed by atoms with Gasteiger partial charge in [0, 0.05) is 14.7 Å². The fourth-order valence-electron chi connectivity index (χ4n) is 3.35. The normalized spacial score (nSPS) is 11.6. The number of halogens is 2. The van der Waals surface area contributed by atoms with Crippen molar-refractivity contribution in [2.24, 2.45) is 5.10 Å². The average molecular weight is 658 g/mol. The van der Waals surface area contributed by atoms with Gasteiger partial charge in [0.05, 0.1) is 37.6 Å². The van der Waals surface area contributed by atoms with Crippen LogP contribution >= 0.6 is 34.2 Å². The van der Waals surface area contributed by atoms with Gasteiger partial charge in [0.2, 0.25) is 0 Å². The number of hydrogen-bond donors (Lipinski definition) is 1. The third-order valence-corrected chi connectivity index (χ3v) is 7.89. The first-order valence-electron chi connectivity index (χ1n) is 10.8. The molecule has 0 aliphatic rings. The number of benzene rings is 3. The Morgan fingerprint density at radius 1 is 0.973 bits per heavy atom. The first kappa shape index (κ1) is 28.5. The topological polar surface area (TPSA) is 107 Å². The number of methoxy groups -OCH3 is 3. The zero-order valence-corrected chi connectivity index (χ0v) is 24.2. The Morgan fingerprint density at radius 3 is 2.30 bits per heavy atom. The zero-order valence-electron chi connectivity index (χ0n) is 20.5. The van der Waals surface area contributed by atoms with Gasteiger partial charge in [-0.25, -0.2) is 13.8 Å². The van der Waals surface area contributed by atoms with Crippen LogP contribution in [0.1, 0.15) is 12.5 Å². The summed E-state index contributed by atoms with van der Waals surface area (Å²) in [5.41, 5.74) is 3.90. The van der Waals surface area contributed by atoms with Crippen LogP contribution in [-0.2, 0) is 14.8 Å². The summed E-state index contributed by atoms with van der Waals surface area (Å²) in [5, 5.41) is 4.41. The van der Waals surface area contributed by atoms with E-state index in [9.17, 15) is 13.2 Å². The van der Waals surface area contributed by atoms with Crippen LogP contribution < -0.4 is 23.9 Å². The van der Waals surface area contributed by atoms with E-state index in [1.807, 2.05) is 24.3 Å². The van der Waals surface area contributed by atoms with Crippen LogP contribution in [0, 0.1) is 3.57 Å². The van der Waals surface area contributed by atoms with Crippen molar-refractivity contribution in [2.75, 3.05) is 32.2 Å². The smallest absolute Gasteiger partial charge is 0.265 e. The highest BCUT2D eigenvalue weighted by molar-refractivity contribution is 14.1. The standard InChI is InChI=1S/C25H25ClIN3O6S/c1-16(17-6-5-7-19(27)12-17)28-29-25(31)15-30(21-13-18(26)8-10-22(21)34-2)37(32,33)20-9-11-23(35-3)24(14-20)36-4/h5-14H,15H2,1-4H3,(H,29,31)/b28-16-. The Hall–Kier alpha value is -3.03. The molecule has 0 aliphatic heterocycles. The van der Waals surface area contributed by atoms with Crippen molar-refractivity contribution in [3.8, 4) is 17.2 Å². The van der Waals surface area contributed by atoms with Crippen LogP contribution in [0.5, 0.6) is 17.2 Å². The van der Waals surface area contributed by atoms with Crippen molar-refractivity contribution in [3.63, 3.8) is 0 Å². The number of carbonyl (C=O) groups excluding carboxylic acids is 1. The van der Waals surface area contributed by atoms with Crippen molar-refractivity contribution in [1.29, 1.82) is 0 Å². The second-order valence-electron chi connectivity index (χ2n) is 7.59. The molecule has 12 heteroatoms. The fourth-order valence-corrected chi connectivity index (χ4v) is 5.50. The maximum atomic E-state index is 13.8. The van der Waals surface area contributed by atoms with Crippen LogP contribution in [-0.4, -0.2) is 47.9 Å². The molecule has 0 fully saturated rings. The molecule has 37 heavy (non-hydrogen) atoms. The van der Waals surface area contributed by atoms with Crippen LogP contribution in [0.3, 0.4) is 0 Å². The summed E-state index contributed by atoms with van der Waals surface area (Å²) in [6.45, 7) is 1.14. The Kier molecular flexibility index (Phi) is 9.62. The minimum atomic E-state index is -4.30. The molecule has 0 spiro atoms. The number of anilines is 1. The first-order chi connectivity index (χ1) is 17.6. The summed E-state index contributed by atoms with van der Waals surface area (Å²) >= 11 is 8.37. The number of hydrazone groups is 1. The number of rotatable bonds is 10. The van der Waals surface area contributed by atoms with Crippen LogP contribution in [0.4, 0.5) is 5.69 Å². The predicted molar refractivity (Wildman–Crippen MR) is 152 cm³/mol. The average Bonchev–Trinajstić information content (AvgIpc) is 2.89. The number of nitrogens with zero attached hydrogens (tertiary/aromatic N) is 2. The lowest BCUT2D eigenvalue weighted by Gasteiger charge is -2.26. The number of sulfonamides is 1. The van der Waals surface area contributed by atoms with E-state index in [0.717, 1.165) is 13.4 Å². The summed E-state index contributed by atoms with van der Waals surface area (Å²) in [4.78, 5) is 12.8. The molecule has 3 aromatic rings. The third-order valence-electron chi connectivity index (χ3n) is 5.23. The Balaban J connectivity index is 2.01. The maximum absolute atomic E-state index is 13.8. The van der Waals surface area contributed by atoms with Crippen molar-refractivity contribution in [3.05, 3.63) is 74.8 Å². The molecule has 3 rings (SSSR count). The highest BCUT2D eigenvalue weighted by atomic mass is 127. The van der Waals surface area contributed by atoms with Crippen LogP contribution in [0.2, 0.25) is 5.02 Å². The Morgan fingerprint density at radius 2 is 1.65 bits per heavy atom. The molecule has 0 saturated heterocycles. The Bertz CT molecular complexity index is 1430. The van der Waals surface area contributed by atoms with Gasteiger partial charge in [-0.2, -0.15) is 5.10 Å². The van der Waals surface area contributed by atoms with Crippen molar-refractivity contribution in [2.45, 2.75) is 11.8 Å². The highest BCUT2D eigenvalue weighted by Gasteiger charge is 2.30. The van der Waals surface area contributed by atoms with E-state index in [1.54, 1.807) is 13.0 Å². The first-order valence-corrected chi connectivity index (χ1v) is 13.7. The molecule has 0 heterocycles. The molecule has 0 bridgehead atoms. The number of ether oxygens (including phenoxy) is 3. The van der Waals surface area contributed by atoms with E-state index in [1.165, 1.54) is 51.7 Å². The number of carbonyl (C=O) groups is 1. The maximum Gasteiger partial charge on any atom is 0.265 e. The molecule has 0 saturated carbocycles. The van der Waals surface area contributed by atoms with E-state index in [0.29, 0.717) is 11.5 Å². The summed E-state index contributed by atoms with van der Waals surface area (Å²) in [6, 6.07) is 16.2. The minimum Gasteiger partial charge on any atom is -0.495 e. The molecule has 0 atom stereocenters. The SMILES string of the molecule is COc1ccc(S(=O)(=O)N(CC(=O)N/N=C(/C)c2cccc(I)c2)c2cc(Cl)ccc2OC)cc1OC. The lowest BCUT2D eigenvalue weighted by atomic mass is 10.1. The molecule has 3 aromatic carbocycles. The quantitative estimate of drug-likeness (QED) is 0.193. The van der Waals surface area contributed by atoms with Crippen molar-refractivity contribution < 1.29 is 27.4 Å². The molecule has 0 unspecified atom stereocenters. The van der Waals surface area contributed by atoms with Gasteiger partial charge in [0.15, 0.2) is 11.5 Å². The third kappa shape index (κ3) is 6.84.